The van der Waals surface area contributed by atoms with Crippen LogP contribution in [0.4, 0.5) is 0 Å². The van der Waals surface area contributed by atoms with Crippen molar-refractivity contribution in [3.05, 3.63) is 91.0 Å². The fraction of sp³-hybridized carbons (Fsp3) is 0.333. The molecule has 2 N–H and O–H groups in total. The fourth-order valence-corrected chi connectivity index (χ4v) is 10.5. The summed E-state index contributed by atoms with van der Waals surface area (Å²) in [7, 11) is 7.37. The third-order valence-electron chi connectivity index (χ3n) is 11.3. The minimum absolute atomic E-state index is 0.433. The molecular formula is C48H50ClCuN8. The van der Waals surface area contributed by atoms with Crippen molar-refractivity contribution in [1.82, 2.24) is 39.9 Å². The Morgan fingerprint density at radius 2 is 0.793 bits per heavy atom. The Morgan fingerprint density at radius 3 is 1.28 bits per heavy atom. The number of benzene rings is 4. The van der Waals surface area contributed by atoms with E-state index in [1.165, 1.54) is 83.5 Å². The maximum absolute atomic E-state index is 7.37. The van der Waals surface area contributed by atoms with Gasteiger partial charge in [0, 0.05) is 0 Å². The number of aromatic nitrogens is 8. The topological polar surface area (TPSA) is 109 Å². The number of fused-ring (bicyclic) bond motifs is 20. The van der Waals surface area contributed by atoms with Gasteiger partial charge >= 0.3 is 318 Å². The number of rotatable bonds is 16. The van der Waals surface area contributed by atoms with Gasteiger partial charge < -0.3 is 0 Å². The molecule has 0 saturated carbocycles. The second kappa shape index (κ2) is 17.9. The number of aromatic amines is 2. The van der Waals surface area contributed by atoms with Crippen LogP contribution in [-0.4, -0.2) is 39.9 Å². The van der Waals surface area contributed by atoms with Crippen LogP contribution in [-0.2, 0) is 13.0 Å². The van der Waals surface area contributed by atoms with Crippen LogP contribution in [0.5, 0.6) is 0 Å². The summed E-state index contributed by atoms with van der Waals surface area (Å²) in [6, 6.07) is 30.7. The van der Waals surface area contributed by atoms with Gasteiger partial charge in [-0.1, -0.05) is 32.3 Å². The average Bonchev–Trinajstić information content (AvgIpc) is 3.99. The number of halogens is 1. The van der Waals surface area contributed by atoms with Gasteiger partial charge in [0.15, 0.2) is 0 Å². The van der Waals surface area contributed by atoms with Crippen LogP contribution in [0.3, 0.4) is 0 Å². The van der Waals surface area contributed by atoms with Crippen LogP contribution in [0, 0.1) is 0 Å². The van der Waals surface area contributed by atoms with Crippen LogP contribution >= 0.6 is 10.1 Å². The van der Waals surface area contributed by atoms with Crippen LogP contribution in [0.15, 0.2) is 91.0 Å². The first-order valence-corrected chi connectivity index (χ1v) is 23.5. The Hall–Kier alpha value is -4.95. The molecule has 8 bridgehead atoms. The van der Waals surface area contributed by atoms with Crippen molar-refractivity contribution in [3.63, 3.8) is 0 Å². The van der Waals surface area contributed by atoms with Crippen molar-refractivity contribution in [2.45, 2.75) is 102 Å². The third-order valence-corrected chi connectivity index (χ3v) is 13.9. The molecule has 0 aliphatic carbocycles. The second-order valence-corrected chi connectivity index (χ2v) is 18.2. The summed E-state index contributed by atoms with van der Waals surface area (Å²) in [5, 5.41) is 4.73. The molecule has 3 aromatic heterocycles. The van der Waals surface area contributed by atoms with Crippen molar-refractivity contribution in [1.29, 1.82) is 0 Å². The van der Waals surface area contributed by atoms with E-state index in [1.807, 2.05) is 42.5 Å². The summed E-state index contributed by atoms with van der Waals surface area (Å²) < 4.78 is 1.07. The van der Waals surface area contributed by atoms with E-state index in [-0.39, 0.29) is 0 Å². The van der Waals surface area contributed by atoms with E-state index in [9.17, 15) is 0 Å². The first-order valence-electron chi connectivity index (χ1n) is 21.1. The fourth-order valence-electron chi connectivity index (χ4n) is 8.20. The number of hydrogen-bond donors (Lipinski definition) is 2. The minimum atomic E-state index is -0.433. The Morgan fingerprint density at radius 1 is 0.414 bits per heavy atom. The first-order chi connectivity index (χ1) is 28.7. The molecule has 2 aliphatic rings. The predicted molar refractivity (Wildman–Crippen MR) is 237 cm³/mol. The van der Waals surface area contributed by atoms with E-state index in [0.29, 0.717) is 45.9 Å². The zero-order valence-electron chi connectivity index (χ0n) is 33.1. The van der Waals surface area contributed by atoms with Crippen LogP contribution in [0.25, 0.3) is 89.7 Å². The van der Waals surface area contributed by atoms with Gasteiger partial charge in [0.05, 0.1) is 0 Å². The molecule has 4 aromatic carbocycles. The zero-order chi connectivity index (χ0) is 39.3. The van der Waals surface area contributed by atoms with Crippen molar-refractivity contribution in [3.8, 4) is 45.6 Å². The first kappa shape index (κ1) is 38.6. The van der Waals surface area contributed by atoms with Gasteiger partial charge in [0.25, 0.3) is 0 Å². The van der Waals surface area contributed by atoms with Gasteiger partial charge in [-0.05, 0) is 0 Å². The van der Waals surface area contributed by atoms with E-state index in [2.05, 4.69) is 65.4 Å². The molecule has 0 atom stereocenters. The number of hydrogen-bond acceptors (Lipinski definition) is 6. The van der Waals surface area contributed by atoms with E-state index in [4.69, 9.17) is 40.0 Å². The molecule has 9 rings (SSSR count). The average molecular weight is 838 g/mol. The molecule has 0 unspecified atom stereocenters. The molecule has 10 heteroatoms. The Bertz CT molecular complexity index is 2730. The van der Waals surface area contributed by atoms with E-state index in [0.717, 1.165) is 60.0 Å². The summed E-state index contributed by atoms with van der Waals surface area (Å²) in [6.07, 6.45) is 18.7. The van der Waals surface area contributed by atoms with Crippen molar-refractivity contribution < 1.29 is 13.0 Å². The van der Waals surface area contributed by atoms with Gasteiger partial charge in [0.1, 0.15) is 0 Å². The van der Waals surface area contributed by atoms with Crippen molar-refractivity contribution >= 4 is 58.7 Å². The van der Waals surface area contributed by atoms with E-state index in [1.54, 1.807) is 0 Å². The predicted octanol–water partition coefficient (Wildman–Crippen LogP) is 13.2. The van der Waals surface area contributed by atoms with Gasteiger partial charge in [-0.25, -0.2) is 0 Å². The number of nitrogens with one attached hydrogen (secondary N) is 2. The third kappa shape index (κ3) is 8.05. The molecule has 7 aromatic rings. The summed E-state index contributed by atoms with van der Waals surface area (Å²) in [6.45, 7) is 2.29. The zero-order valence-corrected chi connectivity index (χ0v) is 34.8. The molecule has 8 nitrogen and oxygen atoms in total. The summed E-state index contributed by atoms with van der Waals surface area (Å²) in [5.41, 5.74) is 6.41. The molecule has 0 fully saturated rings. The number of nitrogens with zero attached hydrogens (tertiary/aromatic N) is 6. The molecule has 58 heavy (non-hydrogen) atoms. The summed E-state index contributed by atoms with van der Waals surface area (Å²) in [5.74, 6) is 2.37. The van der Waals surface area contributed by atoms with Crippen LogP contribution in [0.2, 0.25) is 5.32 Å². The monoisotopic (exact) mass is 836 g/mol. The molecular weight excluding hydrogens is 788 g/mol. The van der Waals surface area contributed by atoms with Gasteiger partial charge in [-0.3, -0.25) is 0 Å². The molecule has 0 spiro atoms. The summed E-state index contributed by atoms with van der Waals surface area (Å²) >= 11 is -0.433. The van der Waals surface area contributed by atoms with E-state index < -0.39 is 13.0 Å². The normalized spacial score (nSPS) is 12.3. The van der Waals surface area contributed by atoms with Crippen molar-refractivity contribution in [2.75, 3.05) is 0 Å². The molecule has 0 radical (unpaired) electrons. The Labute approximate surface area is 348 Å². The second-order valence-electron chi connectivity index (χ2n) is 15.4. The van der Waals surface area contributed by atoms with Gasteiger partial charge in [0.2, 0.25) is 0 Å². The molecule has 0 amide bonds. The Kier molecular flexibility index (Phi) is 11.9. The standard InChI is InChI=1S/C32H17N8.C16H33.ClH.Cu/c1-2-10-18-17(9-1)25-33-26(18)38-28-21-13-5-6-14-22(21)30(35-28)40-32-24-16-8-7-15-23(24)31(36-32)39-29-20-12-4-3-11-19(20)27(34-29)37-25;1-3-5-7-9-11-13-15-16-14-12-10-8-6-4-2;;/h1-15H,(H2,33,34,35,36,37,38,39,40);1,3-16H2,2H3;1H;/q;;;+1/p-1. The molecule has 5 heterocycles. The molecule has 300 valence electrons. The number of unbranched alkanes of at least 4 members (excludes halogenated alkanes) is 13. The SMILES string of the molecule is CCCCCCCCCCCCCCC[CH2][Cu]([Cl])[c]1cccc2c3nc4nc(nc5[nH]c(nc6nc(nc([nH]3)c12)-c1ccccc1-6)c1ccccc51)-c1ccccc1-4. The van der Waals surface area contributed by atoms with Crippen molar-refractivity contribution in [2.24, 2.45) is 0 Å². The van der Waals surface area contributed by atoms with Gasteiger partial charge in [-0.15, -0.1) is 0 Å². The molecule has 0 saturated heterocycles. The Balaban J connectivity index is 1.06. The quantitative estimate of drug-likeness (QED) is 0.0741. The molecule has 2 aliphatic heterocycles. The van der Waals surface area contributed by atoms with Crippen LogP contribution < -0.4 is 4.46 Å². The number of H-pyrrole nitrogens is 2. The van der Waals surface area contributed by atoms with Gasteiger partial charge in [-0.2, -0.15) is 0 Å². The van der Waals surface area contributed by atoms with E-state index >= 15 is 0 Å². The summed E-state index contributed by atoms with van der Waals surface area (Å²) in [4.78, 5) is 38.0. The van der Waals surface area contributed by atoms with Crippen LogP contribution in [0.1, 0.15) is 96.8 Å². The maximum atomic E-state index is 7.37.